The van der Waals surface area contributed by atoms with Crippen molar-refractivity contribution in [2.75, 3.05) is 23.7 Å². The van der Waals surface area contributed by atoms with Crippen LogP contribution >= 0.6 is 0 Å². The molecule has 2 aromatic rings. The lowest BCUT2D eigenvalue weighted by Gasteiger charge is -2.23. The number of unbranched alkanes of at least 4 members (excludes halogenated alkanes) is 8. The van der Waals surface area contributed by atoms with Crippen LogP contribution in [0.25, 0.3) is 0 Å². The SMILES string of the molecule is CCCCCCCNc1cccc2c1C(=O)c1cccc(NCCCCCCC)c1C2=O. The molecule has 0 amide bonds. The summed E-state index contributed by atoms with van der Waals surface area (Å²) < 4.78 is 0. The lowest BCUT2D eigenvalue weighted by Crippen LogP contribution is -2.24. The minimum absolute atomic E-state index is 0.0599. The van der Waals surface area contributed by atoms with Crippen molar-refractivity contribution >= 4 is 22.9 Å². The van der Waals surface area contributed by atoms with E-state index in [1.165, 1.54) is 51.4 Å². The Morgan fingerprint density at radius 1 is 0.562 bits per heavy atom. The molecule has 32 heavy (non-hydrogen) atoms. The van der Waals surface area contributed by atoms with Gasteiger partial charge >= 0.3 is 0 Å². The third-order valence-corrected chi connectivity index (χ3v) is 6.26. The lowest BCUT2D eigenvalue weighted by molar-refractivity contribution is 0.0980. The van der Waals surface area contributed by atoms with E-state index in [1.807, 2.05) is 24.3 Å². The summed E-state index contributed by atoms with van der Waals surface area (Å²) in [5, 5.41) is 6.83. The second-order valence-electron chi connectivity index (χ2n) is 8.80. The first-order valence-electron chi connectivity index (χ1n) is 12.5. The van der Waals surface area contributed by atoms with E-state index in [4.69, 9.17) is 0 Å². The van der Waals surface area contributed by atoms with E-state index in [0.29, 0.717) is 22.3 Å². The van der Waals surface area contributed by atoms with Crippen molar-refractivity contribution in [2.45, 2.75) is 78.1 Å². The van der Waals surface area contributed by atoms with Gasteiger partial charge in [0, 0.05) is 35.6 Å². The Hall–Kier alpha value is -2.62. The van der Waals surface area contributed by atoms with Crippen molar-refractivity contribution < 1.29 is 9.59 Å². The summed E-state index contributed by atoms with van der Waals surface area (Å²) in [6.07, 6.45) is 12.0. The summed E-state index contributed by atoms with van der Waals surface area (Å²) in [6, 6.07) is 11.1. The van der Waals surface area contributed by atoms with Crippen LogP contribution in [-0.4, -0.2) is 24.7 Å². The molecular weight excluding hydrogens is 396 g/mol. The Morgan fingerprint density at radius 3 is 1.38 bits per heavy atom. The molecule has 3 rings (SSSR count). The first kappa shape index (κ1) is 24.0. The van der Waals surface area contributed by atoms with E-state index < -0.39 is 0 Å². The average molecular weight is 435 g/mol. The third kappa shape index (κ3) is 5.79. The molecule has 2 N–H and O–H groups in total. The van der Waals surface area contributed by atoms with Crippen molar-refractivity contribution in [1.82, 2.24) is 0 Å². The van der Waals surface area contributed by atoms with Crippen molar-refractivity contribution in [2.24, 2.45) is 0 Å². The van der Waals surface area contributed by atoms with Gasteiger partial charge in [-0.3, -0.25) is 9.59 Å². The van der Waals surface area contributed by atoms with Gasteiger partial charge in [0.1, 0.15) is 0 Å². The lowest BCUT2D eigenvalue weighted by atomic mass is 9.82. The first-order chi connectivity index (χ1) is 15.7. The Kier molecular flexibility index (Phi) is 9.33. The molecule has 4 nitrogen and oxygen atoms in total. The number of hydrogen-bond acceptors (Lipinski definition) is 4. The standard InChI is InChI=1S/C28H38N2O2/c1-3-5-7-9-11-19-29-23-17-13-15-21-25(23)27(31)22-16-14-18-24(26(22)28(21)32)30-20-12-10-8-6-4-2/h13-18,29-30H,3-12,19-20H2,1-2H3. The van der Waals surface area contributed by atoms with E-state index >= 15 is 0 Å². The molecule has 0 unspecified atom stereocenters. The van der Waals surface area contributed by atoms with Gasteiger partial charge in [-0.1, -0.05) is 89.5 Å². The number of hydrogen-bond donors (Lipinski definition) is 2. The fraction of sp³-hybridized carbons (Fsp3) is 0.500. The molecule has 0 fully saturated rings. The summed E-state index contributed by atoms with van der Waals surface area (Å²) in [5.74, 6) is -0.120. The zero-order chi connectivity index (χ0) is 22.8. The van der Waals surface area contributed by atoms with Crippen molar-refractivity contribution in [3.63, 3.8) is 0 Å². The highest BCUT2D eigenvalue weighted by Gasteiger charge is 2.33. The van der Waals surface area contributed by atoms with Crippen LogP contribution in [0, 0.1) is 0 Å². The molecule has 1 aliphatic carbocycles. The quantitative estimate of drug-likeness (QED) is 0.263. The van der Waals surface area contributed by atoms with E-state index in [9.17, 15) is 9.59 Å². The highest BCUT2D eigenvalue weighted by molar-refractivity contribution is 6.31. The van der Waals surface area contributed by atoms with E-state index in [0.717, 1.165) is 37.3 Å². The van der Waals surface area contributed by atoms with Gasteiger partial charge in [0.05, 0.1) is 11.1 Å². The van der Waals surface area contributed by atoms with Crippen LogP contribution in [0.2, 0.25) is 0 Å². The zero-order valence-electron chi connectivity index (χ0n) is 19.8. The minimum Gasteiger partial charge on any atom is -0.384 e. The van der Waals surface area contributed by atoms with Crippen LogP contribution < -0.4 is 10.6 Å². The second-order valence-corrected chi connectivity index (χ2v) is 8.80. The molecule has 0 spiro atoms. The molecule has 2 aromatic carbocycles. The van der Waals surface area contributed by atoms with Gasteiger partial charge in [0.15, 0.2) is 11.6 Å². The Bertz CT molecular complexity index is 844. The van der Waals surface area contributed by atoms with Gasteiger partial charge in [-0.2, -0.15) is 0 Å². The number of ketones is 2. The molecule has 0 aromatic heterocycles. The average Bonchev–Trinajstić information content (AvgIpc) is 2.81. The van der Waals surface area contributed by atoms with Crippen LogP contribution in [0.5, 0.6) is 0 Å². The van der Waals surface area contributed by atoms with Crippen LogP contribution in [0.3, 0.4) is 0 Å². The van der Waals surface area contributed by atoms with Crippen LogP contribution in [0.15, 0.2) is 36.4 Å². The normalized spacial score (nSPS) is 12.4. The molecule has 0 bridgehead atoms. The molecule has 0 heterocycles. The maximum absolute atomic E-state index is 13.4. The number of carbonyl (C=O) groups excluding carboxylic acids is 2. The molecular formula is C28H38N2O2. The highest BCUT2D eigenvalue weighted by Crippen LogP contribution is 2.35. The molecule has 0 aliphatic heterocycles. The van der Waals surface area contributed by atoms with Crippen LogP contribution in [0.4, 0.5) is 11.4 Å². The topological polar surface area (TPSA) is 58.2 Å². The minimum atomic E-state index is -0.0599. The molecule has 0 saturated carbocycles. The highest BCUT2D eigenvalue weighted by atomic mass is 16.1. The second kappa shape index (κ2) is 12.4. The number of benzene rings is 2. The zero-order valence-corrected chi connectivity index (χ0v) is 19.8. The van der Waals surface area contributed by atoms with Gasteiger partial charge < -0.3 is 10.6 Å². The van der Waals surface area contributed by atoms with Gasteiger partial charge in [-0.05, 0) is 25.0 Å². The van der Waals surface area contributed by atoms with E-state index in [-0.39, 0.29) is 11.6 Å². The predicted octanol–water partition coefficient (Wildman–Crippen LogP) is 7.23. The summed E-state index contributed by atoms with van der Waals surface area (Å²) in [5.41, 5.74) is 3.62. The van der Waals surface area contributed by atoms with E-state index in [1.54, 1.807) is 12.1 Å². The monoisotopic (exact) mass is 434 g/mol. The molecule has 172 valence electrons. The van der Waals surface area contributed by atoms with Crippen LogP contribution in [-0.2, 0) is 0 Å². The first-order valence-corrected chi connectivity index (χ1v) is 12.5. The van der Waals surface area contributed by atoms with Gasteiger partial charge in [0.25, 0.3) is 0 Å². The van der Waals surface area contributed by atoms with Crippen molar-refractivity contribution in [3.05, 3.63) is 58.7 Å². The number of rotatable bonds is 14. The summed E-state index contributed by atoms with van der Waals surface area (Å²) in [4.78, 5) is 26.9. The summed E-state index contributed by atoms with van der Waals surface area (Å²) >= 11 is 0. The fourth-order valence-electron chi connectivity index (χ4n) is 4.44. The largest absolute Gasteiger partial charge is 0.384 e. The summed E-state index contributed by atoms with van der Waals surface area (Å²) in [7, 11) is 0. The fourth-order valence-corrected chi connectivity index (χ4v) is 4.44. The molecule has 1 aliphatic rings. The maximum Gasteiger partial charge on any atom is 0.196 e. The van der Waals surface area contributed by atoms with Crippen molar-refractivity contribution in [1.29, 1.82) is 0 Å². The van der Waals surface area contributed by atoms with Gasteiger partial charge in [0.2, 0.25) is 0 Å². The molecule has 0 saturated heterocycles. The number of anilines is 2. The van der Waals surface area contributed by atoms with E-state index in [2.05, 4.69) is 24.5 Å². The smallest absolute Gasteiger partial charge is 0.196 e. The molecule has 0 atom stereocenters. The number of fused-ring (bicyclic) bond motifs is 2. The van der Waals surface area contributed by atoms with Gasteiger partial charge in [-0.25, -0.2) is 0 Å². The summed E-state index contributed by atoms with van der Waals surface area (Å²) in [6.45, 7) is 6.05. The van der Waals surface area contributed by atoms with Crippen LogP contribution in [0.1, 0.15) is 110 Å². The van der Waals surface area contributed by atoms with Gasteiger partial charge in [-0.15, -0.1) is 0 Å². The number of carbonyl (C=O) groups is 2. The Morgan fingerprint density at radius 2 is 0.969 bits per heavy atom. The van der Waals surface area contributed by atoms with Crippen molar-refractivity contribution in [3.8, 4) is 0 Å². The Labute approximate surface area is 193 Å². The number of nitrogens with one attached hydrogen (secondary N) is 2. The third-order valence-electron chi connectivity index (χ3n) is 6.26. The Balaban J connectivity index is 1.72. The maximum atomic E-state index is 13.4. The molecule has 4 heteroatoms. The molecule has 0 radical (unpaired) electrons. The predicted molar refractivity (Wildman–Crippen MR) is 134 cm³/mol.